The van der Waals surface area contributed by atoms with Gasteiger partial charge in [0, 0.05) is 24.4 Å². The molecule has 0 atom stereocenters. The predicted octanol–water partition coefficient (Wildman–Crippen LogP) is 1.99. The van der Waals surface area contributed by atoms with Crippen molar-refractivity contribution in [2.45, 2.75) is 20.4 Å². The summed E-state index contributed by atoms with van der Waals surface area (Å²) in [5, 5.41) is 0. The van der Waals surface area contributed by atoms with Gasteiger partial charge in [-0.3, -0.25) is 0 Å². The van der Waals surface area contributed by atoms with E-state index >= 15 is 0 Å². The number of hydrogen-bond acceptors (Lipinski definition) is 2. The number of carbonyl (C=O) groups excluding carboxylic acids is 1. The van der Waals surface area contributed by atoms with Crippen molar-refractivity contribution in [3.05, 3.63) is 30.5 Å². The van der Waals surface area contributed by atoms with Crippen molar-refractivity contribution in [3.8, 4) is 5.88 Å². The lowest BCUT2D eigenvalue weighted by Crippen LogP contribution is -2.11. The van der Waals surface area contributed by atoms with Gasteiger partial charge in [0.1, 0.15) is 0 Å². The van der Waals surface area contributed by atoms with Gasteiger partial charge in [-0.15, -0.1) is 0 Å². The molecule has 1 aromatic rings. The standard InChI is InChI=1S/C10H13NO2/c1-4-11-7-5-6-9(11)13-10(12)8(2)3/h5-7H,2,4H2,1,3H3. The summed E-state index contributed by atoms with van der Waals surface area (Å²) in [6, 6.07) is 3.59. The number of rotatable bonds is 3. The minimum Gasteiger partial charge on any atom is -0.406 e. The quantitative estimate of drug-likeness (QED) is 0.525. The maximum atomic E-state index is 11.1. The molecule has 0 saturated heterocycles. The van der Waals surface area contributed by atoms with Crippen molar-refractivity contribution >= 4 is 5.97 Å². The molecule has 1 rings (SSSR count). The Kier molecular flexibility index (Phi) is 2.90. The van der Waals surface area contributed by atoms with E-state index in [1.165, 1.54) is 0 Å². The molecule has 0 unspecified atom stereocenters. The van der Waals surface area contributed by atoms with Gasteiger partial charge in [-0.25, -0.2) is 4.79 Å². The lowest BCUT2D eigenvalue weighted by molar-refractivity contribution is -0.130. The summed E-state index contributed by atoms with van der Waals surface area (Å²) in [4.78, 5) is 11.1. The number of ether oxygens (including phenoxy) is 1. The minimum atomic E-state index is -0.381. The van der Waals surface area contributed by atoms with Crippen molar-refractivity contribution < 1.29 is 9.53 Å². The average Bonchev–Trinajstić information content (AvgIpc) is 2.51. The minimum absolute atomic E-state index is 0.381. The third-order valence-electron chi connectivity index (χ3n) is 1.67. The van der Waals surface area contributed by atoms with Crippen molar-refractivity contribution in [1.82, 2.24) is 4.57 Å². The van der Waals surface area contributed by atoms with Crippen LogP contribution in [0.2, 0.25) is 0 Å². The highest BCUT2D eigenvalue weighted by molar-refractivity contribution is 5.88. The van der Waals surface area contributed by atoms with Crippen LogP contribution in [0.4, 0.5) is 0 Å². The monoisotopic (exact) mass is 179 g/mol. The second-order valence-corrected chi connectivity index (χ2v) is 2.80. The summed E-state index contributed by atoms with van der Waals surface area (Å²) in [7, 11) is 0. The third-order valence-corrected chi connectivity index (χ3v) is 1.67. The van der Waals surface area contributed by atoms with Crippen molar-refractivity contribution in [1.29, 1.82) is 0 Å². The largest absolute Gasteiger partial charge is 0.406 e. The molecule has 70 valence electrons. The fourth-order valence-electron chi connectivity index (χ4n) is 0.934. The van der Waals surface area contributed by atoms with Crippen molar-refractivity contribution in [3.63, 3.8) is 0 Å². The van der Waals surface area contributed by atoms with Crippen LogP contribution in [-0.2, 0) is 11.3 Å². The van der Waals surface area contributed by atoms with E-state index in [1.54, 1.807) is 13.0 Å². The topological polar surface area (TPSA) is 31.2 Å². The van der Waals surface area contributed by atoms with Crippen LogP contribution in [-0.4, -0.2) is 10.5 Å². The summed E-state index contributed by atoms with van der Waals surface area (Å²) in [6.45, 7) is 7.90. The van der Waals surface area contributed by atoms with Gasteiger partial charge in [-0.2, -0.15) is 0 Å². The van der Waals surface area contributed by atoms with Gasteiger partial charge in [0.15, 0.2) is 0 Å². The molecule has 0 saturated carbocycles. The molecule has 0 amide bonds. The van der Waals surface area contributed by atoms with Gasteiger partial charge in [0.2, 0.25) is 5.88 Å². The van der Waals surface area contributed by atoms with Gasteiger partial charge in [0.25, 0.3) is 0 Å². The zero-order valence-corrected chi connectivity index (χ0v) is 7.91. The van der Waals surface area contributed by atoms with E-state index < -0.39 is 0 Å². The first-order chi connectivity index (χ1) is 6.15. The molecule has 0 fully saturated rings. The molecular formula is C10H13NO2. The Morgan fingerprint density at radius 3 is 2.92 bits per heavy atom. The van der Waals surface area contributed by atoms with Crippen LogP contribution in [0.15, 0.2) is 30.5 Å². The van der Waals surface area contributed by atoms with Crippen LogP contribution in [0.1, 0.15) is 13.8 Å². The second kappa shape index (κ2) is 3.94. The maximum absolute atomic E-state index is 11.1. The van der Waals surface area contributed by atoms with E-state index in [2.05, 4.69) is 6.58 Å². The smallest absolute Gasteiger partial charge is 0.339 e. The van der Waals surface area contributed by atoms with Crippen LogP contribution < -0.4 is 4.74 Å². The molecule has 0 aliphatic heterocycles. The van der Waals surface area contributed by atoms with E-state index in [1.807, 2.05) is 23.8 Å². The second-order valence-electron chi connectivity index (χ2n) is 2.80. The molecule has 13 heavy (non-hydrogen) atoms. The Morgan fingerprint density at radius 2 is 2.38 bits per heavy atom. The molecule has 3 nitrogen and oxygen atoms in total. The van der Waals surface area contributed by atoms with E-state index in [-0.39, 0.29) is 5.97 Å². The third kappa shape index (κ3) is 2.21. The zero-order chi connectivity index (χ0) is 9.84. The molecule has 1 aromatic heterocycles. The number of nitrogens with zero attached hydrogens (tertiary/aromatic N) is 1. The van der Waals surface area contributed by atoms with Gasteiger partial charge in [-0.05, 0) is 19.9 Å². The molecular weight excluding hydrogens is 166 g/mol. The molecule has 0 spiro atoms. The number of hydrogen-bond donors (Lipinski definition) is 0. The molecule has 0 aliphatic rings. The number of aryl methyl sites for hydroxylation is 1. The van der Waals surface area contributed by atoms with Crippen LogP contribution >= 0.6 is 0 Å². The van der Waals surface area contributed by atoms with Crippen molar-refractivity contribution in [2.75, 3.05) is 0 Å². The van der Waals surface area contributed by atoms with Gasteiger partial charge in [-0.1, -0.05) is 6.58 Å². The highest BCUT2D eigenvalue weighted by Gasteiger charge is 2.07. The van der Waals surface area contributed by atoms with E-state index in [9.17, 15) is 4.79 Å². The molecule has 1 heterocycles. The first-order valence-corrected chi connectivity index (χ1v) is 4.18. The van der Waals surface area contributed by atoms with Crippen LogP contribution in [0.25, 0.3) is 0 Å². The molecule has 0 N–H and O–H groups in total. The van der Waals surface area contributed by atoms with Gasteiger partial charge >= 0.3 is 5.97 Å². The summed E-state index contributed by atoms with van der Waals surface area (Å²) >= 11 is 0. The number of aromatic nitrogens is 1. The SMILES string of the molecule is C=C(C)C(=O)Oc1cccn1CC. The van der Waals surface area contributed by atoms with Crippen molar-refractivity contribution in [2.24, 2.45) is 0 Å². The number of carbonyl (C=O) groups is 1. The lowest BCUT2D eigenvalue weighted by Gasteiger charge is -2.06. The highest BCUT2D eigenvalue weighted by atomic mass is 16.5. The Bertz CT molecular complexity index is 325. The van der Waals surface area contributed by atoms with Crippen LogP contribution in [0, 0.1) is 0 Å². The molecule has 0 aliphatic carbocycles. The van der Waals surface area contributed by atoms with Gasteiger partial charge in [0.05, 0.1) is 0 Å². The Labute approximate surface area is 77.6 Å². The van der Waals surface area contributed by atoms with E-state index in [4.69, 9.17) is 4.74 Å². The molecule has 0 radical (unpaired) electrons. The Hall–Kier alpha value is -1.51. The molecule has 0 bridgehead atoms. The fourth-order valence-corrected chi connectivity index (χ4v) is 0.934. The summed E-state index contributed by atoms with van der Waals surface area (Å²) in [5.74, 6) is 0.184. The summed E-state index contributed by atoms with van der Waals surface area (Å²) in [5.41, 5.74) is 0.406. The lowest BCUT2D eigenvalue weighted by atomic mass is 10.4. The summed E-state index contributed by atoms with van der Waals surface area (Å²) < 4.78 is 6.91. The summed E-state index contributed by atoms with van der Waals surface area (Å²) in [6.07, 6.45) is 1.86. The molecule has 0 aromatic carbocycles. The average molecular weight is 179 g/mol. The molecule has 3 heteroatoms. The predicted molar refractivity (Wildman–Crippen MR) is 50.6 cm³/mol. The van der Waals surface area contributed by atoms with Crippen LogP contribution in [0.5, 0.6) is 5.88 Å². The normalized spacial score (nSPS) is 9.69. The zero-order valence-electron chi connectivity index (χ0n) is 7.91. The highest BCUT2D eigenvalue weighted by Crippen LogP contribution is 2.12. The first-order valence-electron chi connectivity index (χ1n) is 4.18. The number of esters is 1. The fraction of sp³-hybridized carbons (Fsp3) is 0.300. The van der Waals surface area contributed by atoms with E-state index in [0.717, 1.165) is 6.54 Å². The van der Waals surface area contributed by atoms with Crippen LogP contribution in [0.3, 0.4) is 0 Å². The Morgan fingerprint density at radius 1 is 1.69 bits per heavy atom. The van der Waals surface area contributed by atoms with E-state index in [0.29, 0.717) is 11.5 Å². The maximum Gasteiger partial charge on any atom is 0.339 e. The van der Waals surface area contributed by atoms with Gasteiger partial charge < -0.3 is 9.30 Å². The first kappa shape index (κ1) is 9.58. The Balaban J connectivity index is 2.74.